The van der Waals surface area contributed by atoms with Crippen LogP contribution >= 0.6 is 0 Å². The smallest absolute Gasteiger partial charge is 0.216 e. The number of benzene rings is 3. The van der Waals surface area contributed by atoms with Gasteiger partial charge in [0.2, 0.25) is 5.90 Å². The summed E-state index contributed by atoms with van der Waals surface area (Å²) in [6.07, 6.45) is 0. The number of aryl methyl sites for hydroxylation is 1. The minimum atomic E-state index is -1.30. The third-order valence-corrected chi connectivity index (χ3v) is 5.49. The van der Waals surface area contributed by atoms with E-state index in [1.54, 1.807) is 7.11 Å². The zero-order valence-electron chi connectivity index (χ0n) is 17.8. The van der Waals surface area contributed by atoms with Crippen molar-refractivity contribution >= 4 is 5.90 Å². The molecule has 1 unspecified atom stereocenters. The molecule has 0 fully saturated rings. The number of hydrogen-bond donors (Lipinski definition) is 1. The van der Waals surface area contributed by atoms with E-state index < -0.39 is 5.60 Å². The van der Waals surface area contributed by atoms with Gasteiger partial charge < -0.3 is 14.6 Å². The van der Waals surface area contributed by atoms with Crippen LogP contribution in [0.15, 0.2) is 77.8 Å². The Morgan fingerprint density at radius 3 is 1.83 bits per heavy atom. The number of aliphatic imine (C=N–C) groups is 1. The number of methoxy groups -OCH3 is 1. The van der Waals surface area contributed by atoms with Crippen molar-refractivity contribution in [2.45, 2.75) is 31.9 Å². The molecule has 30 heavy (non-hydrogen) atoms. The summed E-state index contributed by atoms with van der Waals surface area (Å²) in [4.78, 5) is 4.65. The summed E-state index contributed by atoms with van der Waals surface area (Å²) < 4.78 is 11.1. The predicted molar refractivity (Wildman–Crippen MR) is 119 cm³/mol. The molecule has 0 saturated heterocycles. The van der Waals surface area contributed by atoms with Crippen LogP contribution in [0.4, 0.5) is 0 Å². The molecule has 0 radical (unpaired) electrons. The van der Waals surface area contributed by atoms with Gasteiger partial charge in [-0.25, -0.2) is 4.99 Å². The second kappa shape index (κ2) is 7.62. The zero-order chi connectivity index (χ0) is 21.4. The van der Waals surface area contributed by atoms with E-state index >= 15 is 0 Å². The van der Waals surface area contributed by atoms with Gasteiger partial charge in [0.05, 0.1) is 12.6 Å². The molecule has 1 heterocycles. The monoisotopic (exact) mass is 401 g/mol. The first-order valence-corrected chi connectivity index (χ1v) is 10.1. The lowest BCUT2D eigenvalue weighted by Crippen LogP contribution is -2.29. The van der Waals surface area contributed by atoms with Crippen molar-refractivity contribution in [2.75, 3.05) is 13.7 Å². The maximum Gasteiger partial charge on any atom is 0.216 e. The Kier molecular flexibility index (Phi) is 5.12. The van der Waals surface area contributed by atoms with E-state index in [1.807, 2.05) is 93.6 Å². The van der Waals surface area contributed by atoms with Crippen molar-refractivity contribution in [1.29, 1.82) is 0 Å². The molecular weight excluding hydrogens is 374 g/mol. The summed E-state index contributed by atoms with van der Waals surface area (Å²) >= 11 is 0. The van der Waals surface area contributed by atoms with Crippen molar-refractivity contribution < 1.29 is 14.6 Å². The molecule has 1 aliphatic heterocycles. The van der Waals surface area contributed by atoms with E-state index in [2.05, 4.69) is 4.99 Å². The van der Waals surface area contributed by atoms with Crippen molar-refractivity contribution in [1.82, 2.24) is 0 Å². The molecule has 4 nitrogen and oxygen atoms in total. The Bertz CT molecular complexity index is 1050. The van der Waals surface area contributed by atoms with Gasteiger partial charge in [-0.3, -0.25) is 0 Å². The van der Waals surface area contributed by atoms with Gasteiger partial charge in [0.1, 0.15) is 18.0 Å². The summed E-state index contributed by atoms with van der Waals surface area (Å²) in [6, 6.07) is 23.3. The molecule has 3 aromatic rings. The van der Waals surface area contributed by atoms with Gasteiger partial charge in [-0.15, -0.1) is 0 Å². The molecule has 0 aromatic heterocycles. The molecule has 0 saturated carbocycles. The number of aliphatic hydroxyl groups is 1. The highest BCUT2D eigenvalue weighted by Gasteiger charge is 2.34. The van der Waals surface area contributed by atoms with Crippen LogP contribution in [0, 0.1) is 6.92 Å². The van der Waals surface area contributed by atoms with Crippen molar-refractivity contribution in [2.24, 2.45) is 4.99 Å². The average molecular weight is 402 g/mol. The van der Waals surface area contributed by atoms with E-state index in [-0.39, 0.29) is 5.54 Å². The maximum atomic E-state index is 12.0. The minimum absolute atomic E-state index is 0.209. The van der Waals surface area contributed by atoms with E-state index in [4.69, 9.17) is 9.47 Å². The number of nitrogens with zero attached hydrogens (tertiary/aromatic N) is 1. The summed E-state index contributed by atoms with van der Waals surface area (Å²) in [6.45, 7) is 6.71. The van der Waals surface area contributed by atoms with Gasteiger partial charge in [0.15, 0.2) is 0 Å². The summed E-state index contributed by atoms with van der Waals surface area (Å²) in [5.41, 5.74) is 2.90. The summed E-state index contributed by atoms with van der Waals surface area (Å²) in [5.74, 6) is 1.40. The third-order valence-electron chi connectivity index (χ3n) is 5.49. The molecule has 1 atom stereocenters. The Balaban J connectivity index is 1.78. The highest BCUT2D eigenvalue weighted by molar-refractivity contribution is 5.95. The van der Waals surface area contributed by atoms with Crippen LogP contribution in [0.3, 0.4) is 0 Å². The Morgan fingerprint density at radius 2 is 1.37 bits per heavy atom. The Morgan fingerprint density at radius 1 is 0.867 bits per heavy atom. The van der Waals surface area contributed by atoms with Crippen LogP contribution in [0.2, 0.25) is 0 Å². The van der Waals surface area contributed by atoms with Crippen LogP contribution in [-0.2, 0) is 10.3 Å². The first-order chi connectivity index (χ1) is 14.3. The van der Waals surface area contributed by atoms with Gasteiger partial charge in [-0.2, -0.15) is 0 Å². The normalized spacial score (nSPS) is 17.0. The largest absolute Gasteiger partial charge is 0.497 e. The maximum absolute atomic E-state index is 12.0. The van der Waals surface area contributed by atoms with E-state index in [0.29, 0.717) is 12.5 Å². The highest BCUT2D eigenvalue weighted by atomic mass is 16.5. The van der Waals surface area contributed by atoms with E-state index in [9.17, 15) is 5.11 Å². The predicted octanol–water partition coefficient (Wildman–Crippen LogP) is 4.84. The van der Waals surface area contributed by atoms with Crippen LogP contribution < -0.4 is 4.74 Å². The van der Waals surface area contributed by atoms with Crippen LogP contribution in [-0.4, -0.2) is 30.3 Å². The SMILES string of the molecule is COc1ccc(C(O)(c2ccc(C)cc2)c2ccc(C3=NC(C)(C)CO3)cc2)cc1. The van der Waals surface area contributed by atoms with Gasteiger partial charge >= 0.3 is 0 Å². The fourth-order valence-corrected chi connectivity index (χ4v) is 3.71. The zero-order valence-corrected chi connectivity index (χ0v) is 17.8. The second-order valence-corrected chi connectivity index (χ2v) is 8.40. The first kappa shape index (κ1) is 20.2. The molecule has 154 valence electrons. The molecule has 4 heteroatoms. The quantitative estimate of drug-likeness (QED) is 0.622. The van der Waals surface area contributed by atoms with Crippen molar-refractivity contribution in [3.8, 4) is 5.75 Å². The minimum Gasteiger partial charge on any atom is -0.497 e. The molecule has 4 rings (SSSR count). The van der Waals surface area contributed by atoms with Gasteiger partial charge in [-0.1, -0.05) is 54.1 Å². The van der Waals surface area contributed by atoms with Crippen molar-refractivity contribution in [3.05, 3.63) is 101 Å². The standard InChI is InChI=1S/C26H27NO3/c1-18-5-9-20(10-6-18)26(28,22-13-15-23(29-4)16-14-22)21-11-7-19(8-12-21)24-27-25(2,3)17-30-24/h5-16,28H,17H2,1-4H3. The fourth-order valence-electron chi connectivity index (χ4n) is 3.71. The molecule has 3 aromatic carbocycles. The molecule has 0 bridgehead atoms. The summed E-state index contributed by atoms with van der Waals surface area (Å²) in [5, 5.41) is 12.0. The molecule has 1 N–H and O–H groups in total. The Labute approximate surface area is 177 Å². The lowest BCUT2D eigenvalue weighted by atomic mass is 9.80. The molecule has 0 amide bonds. The first-order valence-electron chi connectivity index (χ1n) is 10.1. The Hall–Kier alpha value is -3.11. The fraction of sp³-hybridized carbons (Fsp3) is 0.269. The number of ether oxygens (including phenoxy) is 2. The van der Waals surface area contributed by atoms with Crippen LogP contribution in [0.5, 0.6) is 5.75 Å². The third kappa shape index (κ3) is 3.71. The molecule has 0 aliphatic carbocycles. The van der Waals surface area contributed by atoms with Crippen LogP contribution in [0.25, 0.3) is 0 Å². The topological polar surface area (TPSA) is 51.0 Å². The number of rotatable bonds is 5. The molecule has 0 spiro atoms. The summed E-state index contributed by atoms with van der Waals surface area (Å²) in [7, 11) is 1.63. The van der Waals surface area contributed by atoms with Crippen LogP contribution in [0.1, 0.15) is 41.7 Å². The molecular formula is C26H27NO3. The van der Waals surface area contributed by atoms with Gasteiger partial charge in [0, 0.05) is 5.56 Å². The average Bonchev–Trinajstić information content (AvgIpc) is 3.13. The number of hydrogen-bond acceptors (Lipinski definition) is 4. The van der Waals surface area contributed by atoms with E-state index in [0.717, 1.165) is 33.6 Å². The lowest BCUT2D eigenvalue weighted by molar-refractivity contribution is 0.125. The molecule has 1 aliphatic rings. The van der Waals surface area contributed by atoms with E-state index in [1.165, 1.54) is 0 Å². The van der Waals surface area contributed by atoms with Gasteiger partial charge in [0.25, 0.3) is 0 Å². The van der Waals surface area contributed by atoms with Crippen molar-refractivity contribution in [3.63, 3.8) is 0 Å². The van der Waals surface area contributed by atoms with Gasteiger partial charge in [-0.05, 0) is 61.7 Å². The second-order valence-electron chi connectivity index (χ2n) is 8.40. The lowest BCUT2D eigenvalue weighted by Gasteiger charge is -2.30. The highest BCUT2D eigenvalue weighted by Crippen LogP contribution is 2.37.